The maximum Gasteiger partial charge on any atom is 0.243 e. The Labute approximate surface area is 178 Å². The van der Waals surface area contributed by atoms with Crippen LogP contribution in [0, 0.1) is 6.92 Å². The molecule has 152 valence electrons. The van der Waals surface area contributed by atoms with Crippen LogP contribution in [0.1, 0.15) is 5.82 Å². The normalized spacial score (nSPS) is 15.6. The maximum absolute atomic E-state index is 12.9. The molecule has 0 saturated carbocycles. The summed E-state index contributed by atoms with van der Waals surface area (Å²) in [7, 11) is -3.63. The monoisotopic (exact) mass is 452 g/mol. The summed E-state index contributed by atoms with van der Waals surface area (Å²) in [4.78, 5) is 6.33. The molecule has 8 nitrogen and oxygen atoms in total. The van der Waals surface area contributed by atoms with E-state index in [2.05, 4.69) is 15.2 Å². The van der Waals surface area contributed by atoms with E-state index in [4.69, 9.17) is 23.2 Å². The molecule has 1 aliphatic rings. The van der Waals surface area contributed by atoms with Crippen molar-refractivity contribution in [3.63, 3.8) is 0 Å². The highest BCUT2D eigenvalue weighted by molar-refractivity contribution is 7.89. The molecule has 3 aromatic rings. The lowest BCUT2D eigenvalue weighted by Gasteiger charge is -2.34. The van der Waals surface area contributed by atoms with Crippen molar-refractivity contribution in [2.24, 2.45) is 0 Å². The standard InChI is InChI=1S/C18H18Cl2N6O2S/c1-13-21-6-7-26(13)18-5-4-17(22-23-18)24-8-10-25(11-9-24)29(27,28)14-2-3-15(19)16(20)12-14/h2-7,12H,8-11H2,1H3. The van der Waals surface area contributed by atoms with Crippen molar-refractivity contribution in [1.82, 2.24) is 24.1 Å². The number of anilines is 1. The first-order chi connectivity index (χ1) is 13.9. The summed E-state index contributed by atoms with van der Waals surface area (Å²) < 4.78 is 29.0. The lowest BCUT2D eigenvalue weighted by atomic mass is 10.3. The second-order valence-corrected chi connectivity index (χ2v) is 9.31. The fourth-order valence-corrected chi connectivity index (χ4v) is 4.99. The van der Waals surface area contributed by atoms with Gasteiger partial charge in [0.1, 0.15) is 5.82 Å². The topological polar surface area (TPSA) is 84.2 Å². The van der Waals surface area contributed by atoms with Gasteiger partial charge in [0, 0.05) is 38.6 Å². The number of sulfonamides is 1. The van der Waals surface area contributed by atoms with E-state index in [1.165, 1.54) is 22.5 Å². The largest absolute Gasteiger partial charge is 0.352 e. The zero-order valence-electron chi connectivity index (χ0n) is 15.5. The number of hydrogen-bond donors (Lipinski definition) is 0. The van der Waals surface area contributed by atoms with Crippen LogP contribution in [0.25, 0.3) is 5.82 Å². The summed E-state index contributed by atoms with van der Waals surface area (Å²) in [5.74, 6) is 2.22. The molecule has 0 unspecified atom stereocenters. The van der Waals surface area contributed by atoms with Gasteiger partial charge in [-0.05, 0) is 37.3 Å². The predicted octanol–water partition coefficient (Wildman–Crippen LogP) is 2.79. The quantitative estimate of drug-likeness (QED) is 0.604. The van der Waals surface area contributed by atoms with Gasteiger partial charge >= 0.3 is 0 Å². The summed E-state index contributed by atoms with van der Waals surface area (Å²) >= 11 is 11.9. The van der Waals surface area contributed by atoms with Crippen molar-refractivity contribution in [2.45, 2.75) is 11.8 Å². The Bertz CT molecular complexity index is 1130. The van der Waals surface area contributed by atoms with Crippen LogP contribution in [-0.2, 0) is 10.0 Å². The number of halogens is 2. The SMILES string of the molecule is Cc1nccn1-c1ccc(N2CCN(S(=O)(=O)c3ccc(Cl)c(Cl)c3)CC2)nn1. The molecular weight excluding hydrogens is 435 g/mol. The Balaban J connectivity index is 1.45. The highest BCUT2D eigenvalue weighted by atomic mass is 35.5. The molecule has 1 saturated heterocycles. The highest BCUT2D eigenvalue weighted by Gasteiger charge is 2.29. The molecule has 0 aliphatic carbocycles. The molecule has 1 aliphatic heterocycles. The molecule has 0 atom stereocenters. The maximum atomic E-state index is 12.9. The molecule has 11 heteroatoms. The first-order valence-corrected chi connectivity index (χ1v) is 11.1. The van der Waals surface area contributed by atoms with Crippen LogP contribution in [0.2, 0.25) is 10.0 Å². The van der Waals surface area contributed by atoms with E-state index >= 15 is 0 Å². The minimum atomic E-state index is -3.63. The second-order valence-electron chi connectivity index (χ2n) is 6.56. The summed E-state index contributed by atoms with van der Waals surface area (Å²) in [6.07, 6.45) is 3.53. The fourth-order valence-electron chi connectivity index (χ4n) is 3.18. The third-order valence-electron chi connectivity index (χ3n) is 4.80. The Morgan fingerprint density at radius 3 is 2.21 bits per heavy atom. The van der Waals surface area contributed by atoms with Gasteiger partial charge in [0.15, 0.2) is 11.6 Å². The van der Waals surface area contributed by atoms with Gasteiger partial charge in [-0.1, -0.05) is 23.2 Å². The minimum absolute atomic E-state index is 0.139. The zero-order chi connectivity index (χ0) is 20.6. The van der Waals surface area contributed by atoms with E-state index in [-0.39, 0.29) is 9.92 Å². The molecule has 0 amide bonds. The van der Waals surface area contributed by atoms with Crippen molar-refractivity contribution in [1.29, 1.82) is 0 Å². The molecule has 29 heavy (non-hydrogen) atoms. The number of aromatic nitrogens is 4. The van der Waals surface area contributed by atoms with Gasteiger partial charge in [-0.25, -0.2) is 13.4 Å². The summed E-state index contributed by atoms with van der Waals surface area (Å²) in [6.45, 7) is 3.60. The predicted molar refractivity (Wildman–Crippen MR) is 111 cm³/mol. The number of imidazole rings is 1. The number of benzene rings is 1. The van der Waals surface area contributed by atoms with Crippen LogP contribution < -0.4 is 4.90 Å². The fraction of sp³-hybridized carbons (Fsp3) is 0.278. The van der Waals surface area contributed by atoms with Crippen molar-refractivity contribution in [2.75, 3.05) is 31.1 Å². The molecule has 0 radical (unpaired) electrons. The van der Waals surface area contributed by atoms with Crippen LogP contribution in [0.4, 0.5) is 5.82 Å². The van der Waals surface area contributed by atoms with E-state index in [0.717, 1.165) is 5.82 Å². The van der Waals surface area contributed by atoms with E-state index < -0.39 is 10.0 Å². The van der Waals surface area contributed by atoms with Gasteiger partial charge in [-0.15, -0.1) is 10.2 Å². The third kappa shape index (κ3) is 3.95. The molecule has 0 spiro atoms. The molecule has 0 N–H and O–H groups in total. The van der Waals surface area contributed by atoms with Crippen LogP contribution >= 0.6 is 23.2 Å². The zero-order valence-corrected chi connectivity index (χ0v) is 17.9. The van der Waals surface area contributed by atoms with Crippen LogP contribution in [0.15, 0.2) is 47.6 Å². The summed E-state index contributed by atoms with van der Waals surface area (Å²) in [5.41, 5.74) is 0. The summed E-state index contributed by atoms with van der Waals surface area (Å²) in [6, 6.07) is 8.10. The van der Waals surface area contributed by atoms with Crippen LogP contribution in [-0.4, -0.2) is 58.7 Å². The smallest absolute Gasteiger partial charge is 0.243 e. The Morgan fingerprint density at radius 1 is 0.931 bits per heavy atom. The van der Waals surface area contributed by atoms with E-state index in [1.807, 2.05) is 34.7 Å². The first-order valence-electron chi connectivity index (χ1n) is 8.90. The first kappa shape index (κ1) is 20.1. The van der Waals surface area contributed by atoms with Crippen LogP contribution in [0.5, 0.6) is 0 Å². The Kier molecular flexibility index (Phi) is 5.48. The molecule has 4 rings (SSSR count). The van der Waals surface area contributed by atoms with Gasteiger partial charge in [0.2, 0.25) is 10.0 Å². The van der Waals surface area contributed by atoms with Crippen molar-refractivity contribution in [3.05, 3.63) is 58.6 Å². The third-order valence-corrected chi connectivity index (χ3v) is 7.43. The average molecular weight is 453 g/mol. The molecule has 3 heterocycles. The Hall–Kier alpha value is -2.20. The molecule has 0 bridgehead atoms. The van der Waals surface area contributed by atoms with Gasteiger partial charge in [-0.3, -0.25) is 4.57 Å². The van der Waals surface area contributed by atoms with E-state index in [9.17, 15) is 8.42 Å². The van der Waals surface area contributed by atoms with Gasteiger partial charge in [-0.2, -0.15) is 4.31 Å². The number of rotatable bonds is 4. The van der Waals surface area contributed by atoms with Crippen molar-refractivity contribution >= 4 is 39.0 Å². The number of piperazine rings is 1. The number of aryl methyl sites for hydroxylation is 1. The van der Waals surface area contributed by atoms with Gasteiger partial charge in [0.25, 0.3) is 0 Å². The highest BCUT2D eigenvalue weighted by Crippen LogP contribution is 2.27. The van der Waals surface area contributed by atoms with Crippen molar-refractivity contribution in [3.8, 4) is 5.82 Å². The van der Waals surface area contributed by atoms with Gasteiger partial charge < -0.3 is 4.90 Å². The number of nitrogens with zero attached hydrogens (tertiary/aromatic N) is 6. The van der Waals surface area contributed by atoms with Gasteiger partial charge in [0.05, 0.1) is 14.9 Å². The lowest BCUT2D eigenvalue weighted by Crippen LogP contribution is -2.49. The van der Waals surface area contributed by atoms with E-state index in [0.29, 0.717) is 42.8 Å². The molecule has 1 aromatic carbocycles. The Morgan fingerprint density at radius 2 is 1.62 bits per heavy atom. The average Bonchev–Trinajstić information content (AvgIpc) is 3.16. The minimum Gasteiger partial charge on any atom is -0.352 e. The molecule has 1 fully saturated rings. The van der Waals surface area contributed by atoms with E-state index in [1.54, 1.807) is 6.20 Å². The number of hydrogen-bond acceptors (Lipinski definition) is 6. The van der Waals surface area contributed by atoms with Crippen molar-refractivity contribution < 1.29 is 8.42 Å². The summed E-state index contributed by atoms with van der Waals surface area (Å²) in [5, 5.41) is 9.10. The lowest BCUT2D eigenvalue weighted by molar-refractivity contribution is 0.383. The second kappa shape index (κ2) is 7.91. The van der Waals surface area contributed by atoms with Crippen LogP contribution in [0.3, 0.4) is 0 Å². The molecular formula is C18H18Cl2N6O2S. The molecule has 2 aromatic heterocycles.